The molecule has 0 spiro atoms. The second-order valence-corrected chi connectivity index (χ2v) is 5.66. The molecule has 0 aromatic heterocycles. The van der Waals surface area contributed by atoms with E-state index in [0.717, 1.165) is 12.0 Å². The number of halogens is 1. The van der Waals surface area contributed by atoms with E-state index in [9.17, 15) is 0 Å². The Morgan fingerprint density at radius 1 is 1.33 bits per heavy atom. The van der Waals surface area contributed by atoms with E-state index in [1.807, 2.05) is 0 Å². The molecule has 0 aliphatic heterocycles. The Balaban J connectivity index is 1.89. The van der Waals surface area contributed by atoms with Crippen molar-refractivity contribution in [3.63, 3.8) is 0 Å². The van der Waals surface area contributed by atoms with E-state index >= 15 is 0 Å². The standard InChI is InChI=1S/C13H18BrN/c1-9(2)15-13-7-11(8-13)10-4-3-5-12(14)6-10/h3-6,9,11,13,15H,7-8H2,1-2H3. The highest BCUT2D eigenvalue weighted by atomic mass is 79.9. The summed E-state index contributed by atoms with van der Waals surface area (Å²) < 4.78 is 1.19. The third-order valence-corrected chi connectivity index (χ3v) is 3.52. The molecule has 1 aliphatic rings. The molecule has 15 heavy (non-hydrogen) atoms. The van der Waals surface area contributed by atoms with Gasteiger partial charge in [0.25, 0.3) is 0 Å². The first kappa shape index (κ1) is 11.2. The van der Waals surface area contributed by atoms with Crippen LogP contribution in [0.2, 0.25) is 0 Å². The van der Waals surface area contributed by atoms with Crippen molar-refractivity contribution >= 4 is 15.9 Å². The smallest absolute Gasteiger partial charge is 0.0178 e. The van der Waals surface area contributed by atoms with E-state index in [2.05, 4.69) is 59.4 Å². The first-order chi connectivity index (χ1) is 7.15. The van der Waals surface area contributed by atoms with Crippen molar-refractivity contribution in [2.24, 2.45) is 0 Å². The van der Waals surface area contributed by atoms with E-state index in [-0.39, 0.29) is 0 Å². The van der Waals surface area contributed by atoms with Gasteiger partial charge in [0.15, 0.2) is 0 Å². The lowest BCUT2D eigenvalue weighted by molar-refractivity contribution is 0.275. The van der Waals surface area contributed by atoms with Crippen LogP contribution in [0.3, 0.4) is 0 Å². The van der Waals surface area contributed by atoms with Gasteiger partial charge in [-0.1, -0.05) is 41.9 Å². The Bertz CT molecular complexity index is 329. The van der Waals surface area contributed by atoms with Crippen LogP contribution in [0.25, 0.3) is 0 Å². The molecule has 0 bridgehead atoms. The summed E-state index contributed by atoms with van der Waals surface area (Å²) in [5.74, 6) is 0.763. The monoisotopic (exact) mass is 267 g/mol. The fourth-order valence-electron chi connectivity index (χ4n) is 2.26. The lowest BCUT2D eigenvalue weighted by Crippen LogP contribution is -2.43. The van der Waals surface area contributed by atoms with Crippen LogP contribution < -0.4 is 5.32 Å². The quantitative estimate of drug-likeness (QED) is 0.881. The molecular weight excluding hydrogens is 250 g/mol. The van der Waals surface area contributed by atoms with E-state index in [0.29, 0.717) is 6.04 Å². The topological polar surface area (TPSA) is 12.0 Å². The number of hydrogen-bond acceptors (Lipinski definition) is 1. The van der Waals surface area contributed by atoms with Crippen molar-refractivity contribution in [2.45, 2.75) is 44.7 Å². The summed E-state index contributed by atoms with van der Waals surface area (Å²) >= 11 is 3.52. The molecule has 82 valence electrons. The third kappa shape index (κ3) is 2.82. The van der Waals surface area contributed by atoms with Gasteiger partial charge < -0.3 is 5.32 Å². The van der Waals surface area contributed by atoms with E-state index in [1.165, 1.54) is 22.9 Å². The molecule has 0 radical (unpaired) electrons. The number of hydrogen-bond donors (Lipinski definition) is 1. The van der Waals surface area contributed by atoms with Gasteiger partial charge in [-0.25, -0.2) is 0 Å². The molecule has 1 fully saturated rings. The van der Waals surface area contributed by atoms with Crippen LogP contribution in [0, 0.1) is 0 Å². The SMILES string of the molecule is CC(C)NC1CC(c2cccc(Br)c2)C1. The zero-order chi connectivity index (χ0) is 10.8. The minimum atomic E-state index is 0.610. The Kier molecular flexibility index (Phi) is 3.47. The van der Waals surface area contributed by atoms with Gasteiger partial charge in [-0.15, -0.1) is 0 Å². The lowest BCUT2D eigenvalue weighted by Gasteiger charge is -2.37. The predicted molar refractivity (Wildman–Crippen MR) is 68.2 cm³/mol. The maximum absolute atomic E-state index is 3.58. The second-order valence-electron chi connectivity index (χ2n) is 4.74. The Morgan fingerprint density at radius 3 is 2.67 bits per heavy atom. The maximum atomic E-state index is 3.58. The molecule has 0 heterocycles. The molecule has 1 aromatic rings. The van der Waals surface area contributed by atoms with Crippen LogP contribution in [-0.2, 0) is 0 Å². The van der Waals surface area contributed by atoms with Crippen molar-refractivity contribution in [2.75, 3.05) is 0 Å². The predicted octanol–water partition coefficient (Wildman–Crippen LogP) is 3.69. The van der Waals surface area contributed by atoms with Crippen molar-refractivity contribution in [1.29, 1.82) is 0 Å². The zero-order valence-corrected chi connectivity index (χ0v) is 10.9. The van der Waals surface area contributed by atoms with Gasteiger partial charge in [-0.2, -0.15) is 0 Å². The van der Waals surface area contributed by atoms with E-state index < -0.39 is 0 Å². The van der Waals surface area contributed by atoms with Crippen LogP contribution in [-0.4, -0.2) is 12.1 Å². The van der Waals surface area contributed by atoms with Crippen molar-refractivity contribution in [3.05, 3.63) is 34.3 Å². The van der Waals surface area contributed by atoms with E-state index in [1.54, 1.807) is 0 Å². The average molecular weight is 268 g/mol. The summed E-state index contributed by atoms with van der Waals surface area (Å²) in [5, 5.41) is 3.58. The summed E-state index contributed by atoms with van der Waals surface area (Å²) in [7, 11) is 0. The first-order valence-corrected chi connectivity index (χ1v) is 6.46. The summed E-state index contributed by atoms with van der Waals surface area (Å²) in [6.45, 7) is 4.43. The largest absolute Gasteiger partial charge is 0.312 e. The molecule has 1 nitrogen and oxygen atoms in total. The van der Waals surface area contributed by atoms with Crippen LogP contribution in [0.1, 0.15) is 38.2 Å². The first-order valence-electron chi connectivity index (χ1n) is 5.66. The molecule has 1 N–H and O–H groups in total. The highest BCUT2D eigenvalue weighted by Crippen LogP contribution is 2.37. The number of rotatable bonds is 3. The van der Waals surface area contributed by atoms with Gasteiger partial charge in [-0.05, 0) is 36.5 Å². The van der Waals surface area contributed by atoms with Crippen LogP contribution in [0.15, 0.2) is 28.7 Å². The lowest BCUT2D eigenvalue weighted by atomic mass is 9.75. The molecule has 2 heteroatoms. The summed E-state index contributed by atoms with van der Waals surface area (Å²) in [6, 6.07) is 10.0. The fraction of sp³-hybridized carbons (Fsp3) is 0.538. The molecule has 0 atom stereocenters. The molecule has 1 aliphatic carbocycles. The second kappa shape index (κ2) is 4.67. The van der Waals surface area contributed by atoms with Crippen LogP contribution in [0.5, 0.6) is 0 Å². The summed E-state index contributed by atoms with van der Waals surface area (Å²) in [4.78, 5) is 0. The highest BCUT2D eigenvalue weighted by molar-refractivity contribution is 9.10. The molecule has 1 aromatic carbocycles. The molecule has 2 rings (SSSR count). The van der Waals surface area contributed by atoms with Gasteiger partial charge >= 0.3 is 0 Å². The van der Waals surface area contributed by atoms with Gasteiger partial charge in [0.2, 0.25) is 0 Å². The maximum Gasteiger partial charge on any atom is 0.0178 e. The van der Waals surface area contributed by atoms with Crippen molar-refractivity contribution in [1.82, 2.24) is 5.32 Å². The Labute approximate surface area is 100 Å². The average Bonchev–Trinajstić information content (AvgIpc) is 2.10. The molecular formula is C13H18BrN. The Morgan fingerprint density at radius 2 is 2.07 bits per heavy atom. The summed E-state index contributed by atoms with van der Waals surface area (Å²) in [5.41, 5.74) is 1.48. The highest BCUT2D eigenvalue weighted by Gasteiger charge is 2.30. The normalized spacial score (nSPS) is 25.3. The number of benzene rings is 1. The molecule has 0 unspecified atom stereocenters. The molecule has 0 amide bonds. The molecule has 1 saturated carbocycles. The van der Waals surface area contributed by atoms with Crippen LogP contribution in [0.4, 0.5) is 0 Å². The minimum absolute atomic E-state index is 0.610. The molecule has 0 saturated heterocycles. The van der Waals surface area contributed by atoms with E-state index in [4.69, 9.17) is 0 Å². The minimum Gasteiger partial charge on any atom is -0.312 e. The Hall–Kier alpha value is -0.340. The third-order valence-electron chi connectivity index (χ3n) is 3.03. The van der Waals surface area contributed by atoms with Gasteiger partial charge in [0.05, 0.1) is 0 Å². The van der Waals surface area contributed by atoms with Crippen LogP contribution >= 0.6 is 15.9 Å². The zero-order valence-electron chi connectivity index (χ0n) is 9.33. The van der Waals surface area contributed by atoms with Gasteiger partial charge in [-0.3, -0.25) is 0 Å². The summed E-state index contributed by atoms with van der Waals surface area (Å²) in [6.07, 6.45) is 2.57. The van der Waals surface area contributed by atoms with Crippen molar-refractivity contribution in [3.8, 4) is 0 Å². The number of nitrogens with one attached hydrogen (secondary N) is 1. The fourth-order valence-corrected chi connectivity index (χ4v) is 2.67. The van der Waals surface area contributed by atoms with Gasteiger partial charge in [0.1, 0.15) is 0 Å². The van der Waals surface area contributed by atoms with Crippen molar-refractivity contribution < 1.29 is 0 Å². The van der Waals surface area contributed by atoms with Gasteiger partial charge in [0, 0.05) is 16.6 Å².